The molecule has 0 aromatic heterocycles. The Kier molecular flexibility index (Phi) is 2.90. The van der Waals surface area contributed by atoms with Gasteiger partial charge < -0.3 is 4.74 Å². The number of rotatable bonds is 3. The maximum Gasteiger partial charge on any atom is 0.311 e. The van der Waals surface area contributed by atoms with Crippen molar-refractivity contribution in [1.29, 1.82) is 0 Å². The van der Waals surface area contributed by atoms with Crippen LogP contribution < -0.4 is 4.74 Å². The fraction of sp³-hybridized carbons (Fsp3) is 0.250. The molecule has 66 valence electrons. The summed E-state index contributed by atoms with van der Waals surface area (Å²) in [5.41, 5.74) is 0.665. The Hall–Kier alpha value is -1.52. The fourth-order valence-electron chi connectivity index (χ4n) is 1.01. The number of benzene rings is 1. The highest BCUT2D eigenvalue weighted by molar-refractivity contribution is 6.08. The van der Waals surface area contributed by atoms with Crippen LogP contribution in [0.25, 0.3) is 0 Å². The Morgan fingerprint density at radius 2 is 2.31 bits per heavy atom. The van der Waals surface area contributed by atoms with Gasteiger partial charge >= 0.3 is 5.69 Å². The zero-order valence-corrected chi connectivity index (χ0v) is 7.19. The molecule has 4 nitrogen and oxygen atoms in total. The highest BCUT2D eigenvalue weighted by Gasteiger charge is 2.13. The fourth-order valence-corrected chi connectivity index (χ4v) is 1.01. The van der Waals surface area contributed by atoms with Gasteiger partial charge in [0.25, 0.3) is 0 Å². The largest absolute Gasteiger partial charge is 0.490 e. The third kappa shape index (κ3) is 1.99. The summed E-state index contributed by atoms with van der Waals surface area (Å²) in [5, 5.41) is 10.5. The maximum absolute atomic E-state index is 10.5. The lowest BCUT2D eigenvalue weighted by atomic mass is 9.96. The molecule has 0 bridgehead atoms. The van der Waals surface area contributed by atoms with Crippen LogP contribution in [0.2, 0.25) is 0 Å². The number of ether oxygens (including phenoxy) is 1. The molecule has 0 heterocycles. The molecule has 0 fully saturated rings. The number of nitro groups is 1. The first kappa shape index (κ1) is 9.57. The van der Waals surface area contributed by atoms with Crippen LogP contribution in [0.3, 0.4) is 0 Å². The summed E-state index contributed by atoms with van der Waals surface area (Å²) < 4.78 is 4.82. The van der Waals surface area contributed by atoms with Crippen LogP contribution >= 0.6 is 0 Å². The van der Waals surface area contributed by atoms with Gasteiger partial charge in [-0.05, 0) is 11.6 Å². The molecule has 0 unspecified atom stereocenters. The lowest BCUT2D eigenvalue weighted by Crippen LogP contribution is -1.95. The maximum atomic E-state index is 10.5. The van der Waals surface area contributed by atoms with E-state index in [1.807, 2.05) is 0 Å². The van der Waals surface area contributed by atoms with Crippen LogP contribution in [-0.2, 0) is 6.32 Å². The molecule has 0 aliphatic carbocycles. The number of nitrogens with zero attached hydrogens (tertiary/aromatic N) is 1. The van der Waals surface area contributed by atoms with E-state index in [9.17, 15) is 10.1 Å². The van der Waals surface area contributed by atoms with E-state index in [0.29, 0.717) is 5.56 Å². The van der Waals surface area contributed by atoms with Gasteiger partial charge in [-0.1, -0.05) is 12.4 Å². The minimum atomic E-state index is -0.488. The molecule has 0 spiro atoms. The second-order valence-electron chi connectivity index (χ2n) is 2.47. The molecule has 0 amide bonds. The van der Waals surface area contributed by atoms with Gasteiger partial charge in [0.1, 0.15) is 0 Å². The van der Waals surface area contributed by atoms with E-state index in [4.69, 9.17) is 12.6 Å². The predicted octanol–water partition coefficient (Wildman–Crippen LogP) is 1.27. The van der Waals surface area contributed by atoms with Crippen molar-refractivity contribution in [1.82, 2.24) is 0 Å². The second-order valence-corrected chi connectivity index (χ2v) is 2.47. The van der Waals surface area contributed by atoms with Crippen molar-refractivity contribution < 1.29 is 9.66 Å². The summed E-state index contributed by atoms with van der Waals surface area (Å²) >= 11 is 0. The molecular weight excluding hydrogens is 169 g/mol. The standard InChI is InChI=1S/C8H8BNO3/c1-13-8-3-2-6(5-9)4-7(8)10(11)12/h2-4H,5H2,1H3. The average Bonchev–Trinajstić information content (AvgIpc) is 2.16. The van der Waals surface area contributed by atoms with Gasteiger partial charge in [0, 0.05) is 6.07 Å². The topological polar surface area (TPSA) is 52.4 Å². The van der Waals surface area contributed by atoms with Crippen molar-refractivity contribution in [2.75, 3.05) is 7.11 Å². The van der Waals surface area contributed by atoms with E-state index in [2.05, 4.69) is 0 Å². The van der Waals surface area contributed by atoms with Gasteiger partial charge in [0.2, 0.25) is 0 Å². The molecule has 5 heteroatoms. The first-order chi connectivity index (χ1) is 6.19. The van der Waals surface area contributed by atoms with Crippen LogP contribution in [0.1, 0.15) is 5.56 Å². The summed E-state index contributed by atoms with van der Waals surface area (Å²) in [6, 6.07) is 4.66. The molecule has 13 heavy (non-hydrogen) atoms. The smallest absolute Gasteiger partial charge is 0.311 e. The lowest BCUT2D eigenvalue weighted by molar-refractivity contribution is -0.385. The molecular formula is C8H8BNO3. The molecule has 0 saturated carbocycles. The normalized spacial score (nSPS) is 9.62. The van der Waals surface area contributed by atoms with E-state index < -0.39 is 4.92 Å². The summed E-state index contributed by atoms with van der Waals surface area (Å²) in [5.74, 6) is 0.252. The zero-order valence-electron chi connectivity index (χ0n) is 7.19. The highest BCUT2D eigenvalue weighted by atomic mass is 16.6. The quantitative estimate of drug-likeness (QED) is 0.396. The monoisotopic (exact) mass is 177 g/mol. The van der Waals surface area contributed by atoms with Crippen LogP contribution in [-0.4, -0.2) is 19.9 Å². The van der Waals surface area contributed by atoms with Crippen LogP contribution in [0.4, 0.5) is 5.69 Å². The summed E-state index contributed by atoms with van der Waals surface area (Å²) in [6.07, 6.45) is 0.283. The van der Waals surface area contributed by atoms with Crippen molar-refractivity contribution in [3.63, 3.8) is 0 Å². The van der Waals surface area contributed by atoms with Crippen molar-refractivity contribution in [2.24, 2.45) is 0 Å². The van der Waals surface area contributed by atoms with Gasteiger partial charge in [-0.15, -0.1) is 0 Å². The molecule has 1 aromatic rings. The summed E-state index contributed by atoms with van der Waals surface area (Å²) in [4.78, 5) is 10.0. The summed E-state index contributed by atoms with van der Waals surface area (Å²) in [7, 11) is 6.74. The van der Waals surface area contributed by atoms with Crippen molar-refractivity contribution in [3.8, 4) is 5.75 Å². The molecule has 0 saturated heterocycles. The minimum Gasteiger partial charge on any atom is -0.490 e. The molecule has 0 atom stereocenters. The number of nitro benzene ring substituents is 1. The minimum absolute atomic E-state index is 0.0505. The predicted molar refractivity (Wildman–Crippen MR) is 49.1 cm³/mol. The van der Waals surface area contributed by atoms with Gasteiger partial charge in [0.05, 0.1) is 19.9 Å². The Balaban J connectivity index is 3.18. The highest BCUT2D eigenvalue weighted by Crippen LogP contribution is 2.27. The zero-order chi connectivity index (χ0) is 9.84. The second kappa shape index (κ2) is 3.93. The molecule has 0 aliphatic rings. The van der Waals surface area contributed by atoms with Crippen LogP contribution in [0, 0.1) is 10.1 Å². The van der Waals surface area contributed by atoms with Gasteiger partial charge in [-0.25, -0.2) is 0 Å². The SMILES string of the molecule is [B]Cc1ccc(OC)c([N+](=O)[O-])c1. The van der Waals surface area contributed by atoms with E-state index in [1.54, 1.807) is 12.1 Å². The third-order valence-corrected chi connectivity index (χ3v) is 1.68. The van der Waals surface area contributed by atoms with E-state index >= 15 is 0 Å². The molecule has 1 aromatic carbocycles. The van der Waals surface area contributed by atoms with E-state index in [1.165, 1.54) is 13.2 Å². The first-order valence-corrected chi connectivity index (χ1v) is 3.70. The number of hydrogen-bond acceptors (Lipinski definition) is 3. The van der Waals surface area contributed by atoms with Gasteiger partial charge in [0.15, 0.2) is 5.75 Å². The van der Waals surface area contributed by atoms with Crippen molar-refractivity contribution in [3.05, 3.63) is 33.9 Å². The van der Waals surface area contributed by atoms with E-state index in [-0.39, 0.29) is 17.8 Å². The van der Waals surface area contributed by atoms with Crippen LogP contribution in [0.15, 0.2) is 18.2 Å². The van der Waals surface area contributed by atoms with Gasteiger partial charge in [-0.2, -0.15) is 0 Å². The molecule has 0 N–H and O–H groups in total. The van der Waals surface area contributed by atoms with Gasteiger partial charge in [-0.3, -0.25) is 10.1 Å². The molecule has 2 radical (unpaired) electrons. The summed E-state index contributed by atoms with van der Waals surface area (Å²) in [6.45, 7) is 0. The Bertz CT molecular complexity index is 327. The van der Waals surface area contributed by atoms with Crippen LogP contribution in [0.5, 0.6) is 5.75 Å². The Labute approximate surface area is 77.1 Å². The third-order valence-electron chi connectivity index (χ3n) is 1.68. The van der Waals surface area contributed by atoms with Crippen molar-refractivity contribution in [2.45, 2.75) is 6.32 Å². The lowest BCUT2D eigenvalue weighted by Gasteiger charge is -2.02. The van der Waals surface area contributed by atoms with E-state index in [0.717, 1.165) is 0 Å². The number of methoxy groups -OCH3 is 1. The number of hydrogen-bond donors (Lipinski definition) is 0. The first-order valence-electron chi connectivity index (χ1n) is 3.70. The Morgan fingerprint density at radius 3 is 2.77 bits per heavy atom. The van der Waals surface area contributed by atoms with Crippen molar-refractivity contribution >= 4 is 13.5 Å². The average molecular weight is 177 g/mol. The molecule has 0 aliphatic heterocycles. The molecule has 1 rings (SSSR count). The Morgan fingerprint density at radius 1 is 1.62 bits per heavy atom.